The number of ether oxygens (including phenoxy) is 2. The van der Waals surface area contributed by atoms with E-state index in [1.807, 2.05) is 35.2 Å². The maximum atomic E-state index is 12.4. The highest BCUT2D eigenvalue weighted by Crippen LogP contribution is 2.29. The average Bonchev–Trinajstić information content (AvgIpc) is 3.37. The molecule has 0 aliphatic carbocycles. The summed E-state index contributed by atoms with van der Waals surface area (Å²) in [6.07, 6.45) is 2.71. The summed E-state index contributed by atoms with van der Waals surface area (Å²) >= 11 is 0. The molecule has 3 heterocycles. The Morgan fingerprint density at radius 1 is 1.15 bits per heavy atom. The monoisotopic (exact) mass is 357 g/mol. The van der Waals surface area contributed by atoms with Crippen molar-refractivity contribution in [3.05, 3.63) is 42.0 Å². The number of carbonyl (C=O) groups excluding carboxylic acids is 1. The van der Waals surface area contributed by atoms with E-state index in [2.05, 4.69) is 10.1 Å². The molecule has 2 aliphatic rings. The van der Waals surface area contributed by atoms with Gasteiger partial charge < -0.3 is 18.9 Å². The van der Waals surface area contributed by atoms with Crippen LogP contribution < -0.4 is 4.74 Å². The Morgan fingerprint density at radius 2 is 1.96 bits per heavy atom. The first kappa shape index (κ1) is 17.0. The number of likely N-dealkylation sites (tertiary alicyclic amines) is 1. The van der Waals surface area contributed by atoms with Crippen molar-refractivity contribution in [1.29, 1.82) is 0 Å². The molecule has 26 heavy (non-hydrogen) atoms. The molecule has 7 heteroatoms. The Morgan fingerprint density at radius 3 is 2.77 bits per heavy atom. The van der Waals surface area contributed by atoms with E-state index in [1.54, 1.807) is 0 Å². The molecule has 1 unspecified atom stereocenters. The summed E-state index contributed by atoms with van der Waals surface area (Å²) in [4.78, 5) is 18.8. The first-order chi connectivity index (χ1) is 12.8. The normalized spacial score (nSPS) is 21.1. The predicted molar refractivity (Wildman–Crippen MR) is 93.0 cm³/mol. The van der Waals surface area contributed by atoms with E-state index in [4.69, 9.17) is 14.0 Å². The fraction of sp³-hybridized carbons (Fsp3) is 0.526. The van der Waals surface area contributed by atoms with Gasteiger partial charge in [-0.3, -0.25) is 4.79 Å². The number of para-hydroxylation sites is 1. The van der Waals surface area contributed by atoms with Crippen LogP contribution in [0, 0.1) is 0 Å². The molecule has 0 N–H and O–H groups in total. The standard InChI is InChI=1S/C19H23N3O4/c23-17(13-25-16-4-2-1-3-5-16)22-9-6-15(12-22)19-20-18(21-26-19)14-7-10-24-11-8-14/h1-5,14-15H,6-13H2. The molecule has 0 saturated carbocycles. The van der Waals surface area contributed by atoms with E-state index in [0.29, 0.717) is 30.6 Å². The molecule has 1 aromatic heterocycles. The Bertz CT molecular complexity index is 727. The van der Waals surface area contributed by atoms with Gasteiger partial charge in [0.15, 0.2) is 12.4 Å². The lowest BCUT2D eigenvalue weighted by Gasteiger charge is -2.18. The lowest BCUT2D eigenvalue weighted by Crippen LogP contribution is -2.32. The lowest BCUT2D eigenvalue weighted by molar-refractivity contribution is -0.132. The van der Waals surface area contributed by atoms with E-state index in [1.165, 1.54) is 0 Å². The molecular weight excluding hydrogens is 334 g/mol. The Labute approximate surface area is 152 Å². The molecule has 0 radical (unpaired) electrons. The molecule has 2 aliphatic heterocycles. The van der Waals surface area contributed by atoms with E-state index >= 15 is 0 Å². The molecule has 4 rings (SSSR count). The van der Waals surface area contributed by atoms with Crippen molar-refractivity contribution in [3.63, 3.8) is 0 Å². The third kappa shape index (κ3) is 3.88. The summed E-state index contributed by atoms with van der Waals surface area (Å²) in [6, 6.07) is 9.38. The van der Waals surface area contributed by atoms with Crippen LogP contribution in [0.15, 0.2) is 34.9 Å². The van der Waals surface area contributed by atoms with Crippen LogP contribution in [0.3, 0.4) is 0 Å². The van der Waals surface area contributed by atoms with Crippen molar-refractivity contribution in [2.45, 2.75) is 31.1 Å². The highest BCUT2D eigenvalue weighted by molar-refractivity contribution is 5.78. The number of amides is 1. The smallest absolute Gasteiger partial charge is 0.260 e. The maximum absolute atomic E-state index is 12.4. The number of aromatic nitrogens is 2. The summed E-state index contributed by atoms with van der Waals surface area (Å²) in [5.74, 6) is 2.54. The second kappa shape index (κ2) is 7.86. The van der Waals surface area contributed by atoms with Gasteiger partial charge in [-0.15, -0.1) is 0 Å². The molecule has 2 fully saturated rings. The second-order valence-electron chi connectivity index (χ2n) is 6.80. The SMILES string of the molecule is O=C(COc1ccccc1)N1CCC(c2nc(C3CCOCC3)no2)C1. The number of benzene rings is 1. The quantitative estimate of drug-likeness (QED) is 0.817. The van der Waals surface area contributed by atoms with Gasteiger partial charge in [0.1, 0.15) is 5.75 Å². The van der Waals surface area contributed by atoms with Crippen molar-refractivity contribution in [1.82, 2.24) is 15.0 Å². The number of carbonyl (C=O) groups is 1. The van der Waals surface area contributed by atoms with Gasteiger partial charge in [0.25, 0.3) is 5.91 Å². The number of hydrogen-bond acceptors (Lipinski definition) is 6. The van der Waals surface area contributed by atoms with Gasteiger partial charge in [0, 0.05) is 32.2 Å². The Kier molecular flexibility index (Phi) is 5.15. The van der Waals surface area contributed by atoms with Crippen LogP contribution in [0.4, 0.5) is 0 Å². The van der Waals surface area contributed by atoms with Crippen molar-refractivity contribution >= 4 is 5.91 Å². The zero-order valence-electron chi connectivity index (χ0n) is 14.7. The average molecular weight is 357 g/mol. The van der Waals surface area contributed by atoms with Crippen LogP contribution in [0.1, 0.15) is 42.8 Å². The first-order valence-corrected chi connectivity index (χ1v) is 9.16. The third-order valence-corrected chi connectivity index (χ3v) is 5.04. The van der Waals surface area contributed by atoms with E-state index in [-0.39, 0.29) is 18.4 Å². The zero-order valence-corrected chi connectivity index (χ0v) is 14.7. The molecule has 2 saturated heterocycles. The van der Waals surface area contributed by atoms with E-state index < -0.39 is 0 Å². The third-order valence-electron chi connectivity index (χ3n) is 5.04. The van der Waals surface area contributed by atoms with Crippen LogP contribution >= 0.6 is 0 Å². The van der Waals surface area contributed by atoms with Crippen LogP contribution in [0.5, 0.6) is 5.75 Å². The maximum Gasteiger partial charge on any atom is 0.260 e. The predicted octanol–water partition coefficient (Wildman–Crippen LogP) is 2.36. The summed E-state index contributed by atoms with van der Waals surface area (Å²) < 4.78 is 16.4. The fourth-order valence-corrected chi connectivity index (χ4v) is 3.48. The fourth-order valence-electron chi connectivity index (χ4n) is 3.48. The molecule has 1 atom stereocenters. The molecule has 1 aromatic carbocycles. The highest BCUT2D eigenvalue weighted by Gasteiger charge is 2.32. The van der Waals surface area contributed by atoms with Crippen LogP contribution in [0.2, 0.25) is 0 Å². The zero-order chi connectivity index (χ0) is 17.8. The highest BCUT2D eigenvalue weighted by atomic mass is 16.5. The minimum absolute atomic E-state index is 0.0134. The van der Waals surface area contributed by atoms with Gasteiger partial charge in [-0.05, 0) is 31.4 Å². The molecule has 138 valence electrons. The van der Waals surface area contributed by atoms with Crippen LogP contribution in [-0.2, 0) is 9.53 Å². The Balaban J connectivity index is 1.30. The largest absolute Gasteiger partial charge is 0.484 e. The number of rotatable bonds is 5. The van der Waals surface area contributed by atoms with Crippen molar-refractivity contribution in [2.24, 2.45) is 0 Å². The topological polar surface area (TPSA) is 77.7 Å². The van der Waals surface area contributed by atoms with Gasteiger partial charge in [0.05, 0.1) is 5.92 Å². The van der Waals surface area contributed by atoms with Gasteiger partial charge in [0.2, 0.25) is 5.89 Å². The van der Waals surface area contributed by atoms with E-state index in [0.717, 1.165) is 38.3 Å². The molecule has 7 nitrogen and oxygen atoms in total. The van der Waals surface area contributed by atoms with Crippen LogP contribution in [0.25, 0.3) is 0 Å². The molecule has 2 aromatic rings. The summed E-state index contributed by atoms with van der Waals surface area (Å²) in [5, 5.41) is 4.16. The first-order valence-electron chi connectivity index (χ1n) is 9.16. The van der Waals surface area contributed by atoms with Crippen molar-refractivity contribution in [2.75, 3.05) is 32.9 Å². The van der Waals surface area contributed by atoms with E-state index in [9.17, 15) is 4.79 Å². The van der Waals surface area contributed by atoms with Crippen LogP contribution in [-0.4, -0.2) is 53.9 Å². The van der Waals surface area contributed by atoms with Gasteiger partial charge in [-0.1, -0.05) is 23.4 Å². The lowest BCUT2D eigenvalue weighted by atomic mass is 10.00. The summed E-state index contributed by atoms with van der Waals surface area (Å²) in [6.45, 7) is 2.85. The number of nitrogens with zero attached hydrogens (tertiary/aromatic N) is 3. The second-order valence-corrected chi connectivity index (χ2v) is 6.80. The molecule has 0 bridgehead atoms. The summed E-state index contributed by atoms with van der Waals surface area (Å²) in [5.41, 5.74) is 0. The Hall–Kier alpha value is -2.41. The minimum atomic E-state index is -0.0134. The van der Waals surface area contributed by atoms with Gasteiger partial charge in [-0.2, -0.15) is 4.98 Å². The number of hydrogen-bond donors (Lipinski definition) is 0. The molecule has 1 amide bonds. The molecule has 0 spiro atoms. The summed E-state index contributed by atoms with van der Waals surface area (Å²) in [7, 11) is 0. The van der Waals surface area contributed by atoms with Gasteiger partial charge in [-0.25, -0.2) is 0 Å². The van der Waals surface area contributed by atoms with Crippen molar-refractivity contribution in [3.8, 4) is 5.75 Å². The van der Waals surface area contributed by atoms with Crippen molar-refractivity contribution < 1.29 is 18.8 Å². The molecular formula is C19H23N3O4. The minimum Gasteiger partial charge on any atom is -0.484 e. The van der Waals surface area contributed by atoms with Gasteiger partial charge >= 0.3 is 0 Å².